The average molecular weight is 251 g/mol. The van der Waals surface area contributed by atoms with Gasteiger partial charge in [0.2, 0.25) is 0 Å². The molecule has 1 fully saturated rings. The van der Waals surface area contributed by atoms with Gasteiger partial charge in [-0.2, -0.15) is 0 Å². The van der Waals surface area contributed by atoms with Crippen molar-refractivity contribution in [2.45, 2.75) is 18.9 Å². The number of aliphatic hydroxyl groups excluding tert-OH is 1. The van der Waals surface area contributed by atoms with Crippen molar-refractivity contribution in [3.8, 4) is 11.5 Å². The van der Waals surface area contributed by atoms with Crippen molar-refractivity contribution in [3.63, 3.8) is 0 Å². The van der Waals surface area contributed by atoms with Crippen molar-refractivity contribution in [3.05, 3.63) is 24.3 Å². The highest BCUT2D eigenvalue weighted by atomic mass is 16.5. The minimum absolute atomic E-state index is 0.167. The first-order chi connectivity index (χ1) is 8.78. The van der Waals surface area contributed by atoms with Crippen molar-refractivity contribution in [2.24, 2.45) is 0 Å². The summed E-state index contributed by atoms with van der Waals surface area (Å²) >= 11 is 0. The summed E-state index contributed by atoms with van der Waals surface area (Å²) in [4.78, 5) is 2.25. The Hall–Kier alpha value is -1.26. The van der Waals surface area contributed by atoms with E-state index in [1.165, 1.54) is 0 Å². The number of hydrogen-bond donors (Lipinski definition) is 1. The number of hydrogen-bond acceptors (Lipinski definition) is 4. The fraction of sp³-hybridized carbons (Fsp3) is 0.571. The molecule has 1 aliphatic heterocycles. The van der Waals surface area contributed by atoms with Crippen LogP contribution in [0, 0.1) is 0 Å². The second-order valence-corrected chi connectivity index (χ2v) is 4.62. The summed E-state index contributed by atoms with van der Waals surface area (Å²) in [6, 6.07) is 7.59. The van der Waals surface area contributed by atoms with Crippen LogP contribution in [-0.2, 0) is 0 Å². The molecule has 0 radical (unpaired) electrons. The van der Waals surface area contributed by atoms with Crippen molar-refractivity contribution in [2.75, 3.05) is 33.4 Å². The predicted molar refractivity (Wildman–Crippen MR) is 70.2 cm³/mol. The molecule has 0 saturated carbocycles. The smallest absolute Gasteiger partial charge is 0.119 e. The molecule has 0 aliphatic carbocycles. The Morgan fingerprint density at radius 3 is 2.67 bits per heavy atom. The van der Waals surface area contributed by atoms with E-state index in [4.69, 9.17) is 9.47 Å². The third kappa shape index (κ3) is 3.89. The Morgan fingerprint density at radius 1 is 1.28 bits per heavy atom. The van der Waals surface area contributed by atoms with Crippen molar-refractivity contribution in [1.82, 2.24) is 4.90 Å². The maximum atomic E-state index is 9.56. The molecule has 0 unspecified atom stereocenters. The summed E-state index contributed by atoms with van der Waals surface area (Å²) < 4.78 is 10.8. The minimum Gasteiger partial charge on any atom is -0.497 e. The van der Waals surface area contributed by atoms with Crippen LogP contribution in [0.4, 0.5) is 0 Å². The van der Waals surface area contributed by atoms with Crippen molar-refractivity contribution >= 4 is 0 Å². The number of benzene rings is 1. The summed E-state index contributed by atoms with van der Waals surface area (Å²) in [6.07, 6.45) is 1.83. The molecule has 1 atom stereocenters. The van der Waals surface area contributed by atoms with Crippen LogP contribution in [0.2, 0.25) is 0 Å². The normalized spacial score (nSPS) is 20.7. The lowest BCUT2D eigenvalue weighted by Crippen LogP contribution is -2.40. The topological polar surface area (TPSA) is 41.9 Å². The van der Waals surface area contributed by atoms with Crippen molar-refractivity contribution < 1.29 is 14.6 Å². The Labute approximate surface area is 108 Å². The van der Waals surface area contributed by atoms with Crippen LogP contribution in [-0.4, -0.2) is 49.5 Å². The Balaban J connectivity index is 1.70. The van der Waals surface area contributed by atoms with E-state index in [1.807, 2.05) is 24.3 Å². The molecule has 1 saturated heterocycles. The van der Waals surface area contributed by atoms with Gasteiger partial charge in [-0.3, -0.25) is 4.90 Å². The molecule has 18 heavy (non-hydrogen) atoms. The van der Waals surface area contributed by atoms with E-state index in [0.717, 1.165) is 44.0 Å². The SMILES string of the molecule is COc1ccc(OCCN2CCC[C@H](O)C2)cc1. The van der Waals surface area contributed by atoms with Gasteiger partial charge in [0.05, 0.1) is 13.2 Å². The monoisotopic (exact) mass is 251 g/mol. The summed E-state index contributed by atoms with van der Waals surface area (Å²) in [5, 5.41) is 9.56. The molecule has 1 N–H and O–H groups in total. The lowest BCUT2D eigenvalue weighted by atomic mass is 10.1. The van der Waals surface area contributed by atoms with Gasteiger partial charge in [0.25, 0.3) is 0 Å². The summed E-state index contributed by atoms with van der Waals surface area (Å²) in [6.45, 7) is 3.34. The van der Waals surface area contributed by atoms with Gasteiger partial charge in [0.15, 0.2) is 0 Å². The van der Waals surface area contributed by atoms with Crippen LogP contribution in [0.25, 0.3) is 0 Å². The Bertz CT molecular complexity index is 353. The van der Waals surface area contributed by atoms with E-state index >= 15 is 0 Å². The zero-order chi connectivity index (χ0) is 12.8. The number of β-amino-alcohol motifs (C(OH)–C–C–N with tert-alkyl or cyclic N) is 1. The summed E-state index contributed by atoms with van der Waals surface area (Å²) in [7, 11) is 1.65. The molecule has 1 aliphatic rings. The quantitative estimate of drug-likeness (QED) is 0.861. The molecule has 0 bridgehead atoms. The van der Waals surface area contributed by atoms with Crippen LogP contribution in [0.1, 0.15) is 12.8 Å². The highest BCUT2D eigenvalue weighted by Gasteiger charge is 2.16. The van der Waals surface area contributed by atoms with E-state index < -0.39 is 0 Å². The molecule has 4 heteroatoms. The number of aliphatic hydroxyl groups is 1. The fourth-order valence-electron chi connectivity index (χ4n) is 2.20. The van der Waals surface area contributed by atoms with Gasteiger partial charge in [0, 0.05) is 13.1 Å². The van der Waals surface area contributed by atoms with Gasteiger partial charge in [-0.1, -0.05) is 0 Å². The highest BCUT2D eigenvalue weighted by molar-refractivity contribution is 5.31. The number of nitrogens with zero attached hydrogens (tertiary/aromatic N) is 1. The van der Waals surface area contributed by atoms with E-state index in [0.29, 0.717) is 6.61 Å². The van der Waals surface area contributed by atoms with Crippen LogP contribution in [0.5, 0.6) is 11.5 Å². The van der Waals surface area contributed by atoms with E-state index in [1.54, 1.807) is 7.11 Å². The largest absolute Gasteiger partial charge is 0.497 e. The van der Waals surface area contributed by atoms with E-state index in [-0.39, 0.29) is 6.10 Å². The molecule has 4 nitrogen and oxygen atoms in total. The second-order valence-electron chi connectivity index (χ2n) is 4.62. The molecule has 100 valence electrons. The van der Waals surface area contributed by atoms with Gasteiger partial charge in [-0.25, -0.2) is 0 Å². The molecule has 1 aromatic carbocycles. The van der Waals surface area contributed by atoms with Gasteiger partial charge < -0.3 is 14.6 Å². The second kappa shape index (κ2) is 6.61. The first kappa shape index (κ1) is 13.2. The fourth-order valence-corrected chi connectivity index (χ4v) is 2.20. The first-order valence-electron chi connectivity index (χ1n) is 6.45. The van der Waals surface area contributed by atoms with E-state index in [2.05, 4.69) is 4.90 Å². The number of rotatable bonds is 5. The number of likely N-dealkylation sites (tertiary alicyclic amines) is 1. The third-order valence-electron chi connectivity index (χ3n) is 3.22. The van der Waals surface area contributed by atoms with Gasteiger partial charge >= 0.3 is 0 Å². The molecule has 0 aromatic heterocycles. The number of ether oxygens (including phenoxy) is 2. The zero-order valence-corrected chi connectivity index (χ0v) is 10.8. The number of methoxy groups -OCH3 is 1. The molecular formula is C14H21NO3. The standard InChI is InChI=1S/C14H21NO3/c1-17-13-4-6-14(7-5-13)18-10-9-15-8-2-3-12(16)11-15/h4-7,12,16H,2-3,8-11H2,1H3/t12-/m0/s1. The lowest BCUT2D eigenvalue weighted by Gasteiger charge is -2.29. The van der Waals surface area contributed by atoms with Crippen LogP contribution in [0.3, 0.4) is 0 Å². The Morgan fingerprint density at radius 2 is 2.00 bits per heavy atom. The van der Waals surface area contributed by atoms with Crippen molar-refractivity contribution in [1.29, 1.82) is 0 Å². The maximum Gasteiger partial charge on any atom is 0.119 e. The maximum absolute atomic E-state index is 9.56. The van der Waals surface area contributed by atoms with Crippen LogP contribution < -0.4 is 9.47 Å². The number of piperidine rings is 1. The zero-order valence-electron chi connectivity index (χ0n) is 10.8. The molecule has 2 rings (SSSR count). The predicted octanol–water partition coefficient (Wildman–Crippen LogP) is 1.53. The lowest BCUT2D eigenvalue weighted by molar-refractivity contribution is 0.0633. The van der Waals surface area contributed by atoms with Crippen LogP contribution in [0.15, 0.2) is 24.3 Å². The molecule has 0 amide bonds. The average Bonchev–Trinajstić information content (AvgIpc) is 2.40. The van der Waals surface area contributed by atoms with Crippen LogP contribution >= 0.6 is 0 Å². The molecule has 0 spiro atoms. The summed E-state index contributed by atoms with van der Waals surface area (Å²) in [5.74, 6) is 1.69. The third-order valence-corrected chi connectivity index (χ3v) is 3.22. The van der Waals surface area contributed by atoms with Gasteiger partial charge in [-0.05, 0) is 43.7 Å². The molecule has 1 heterocycles. The van der Waals surface area contributed by atoms with E-state index in [9.17, 15) is 5.11 Å². The Kier molecular flexibility index (Phi) is 4.84. The van der Waals surface area contributed by atoms with Gasteiger partial charge in [0.1, 0.15) is 18.1 Å². The first-order valence-corrected chi connectivity index (χ1v) is 6.45. The highest BCUT2D eigenvalue weighted by Crippen LogP contribution is 2.17. The molecule has 1 aromatic rings. The van der Waals surface area contributed by atoms with Gasteiger partial charge in [-0.15, -0.1) is 0 Å². The molecular weight excluding hydrogens is 230 g/mol. The summed E-state index contributed by atoms with van der Waals surface area (Å²) in [5.41, 5.74) is 0. The minimum atomic E-state index is -0.167.